The maximum atomic E-state index is 13.5. The van der Waals surface area contributed by atoms with E-state index in [1.807, 2.05) is 36.6 Å². The molecular formula is C23H29FN4OS. The van der Waals surface area contributed by atoms with Gasteiger partial charge in [-0.2, -0.15) is 11.8 Å². The van der Waals surface area contributed by atoms with Gasteiger partial charge in [0, 0.05) is 37.5 Å². The first-order valence-corrected chi connectivity index (χ1v) is 11.6. The Hall–Kier alpha value is -2.54. The van der Waals surface area contributed by atoms with Crippen LogP contribution in [-0.4, -0.2) is 25.2 Å². The molecule has 0 unspecified atom stereocenters. The number of aliphatic imine (C=N–C) groups is 1. The minimum absolute atomic E-state index is 0.115. The number of thioether (sulfide) groups is 1. The van der Waals surface area contributed by atoms with E-state index in [9.17, 15) is 9.18 Å². The Labute approximate surface area is 181 Å². The van der Waals surface area contributed by atoms with Crippen LogP contribution in [0, 0.1) is 11.7 Å². The molecule has 5 nitrogen and oxygen atoms in total. The molecule has 2 aromatic rings. The van der Waals surface area contributed by atoms with Gasteiger partial charge in [-0.3, -0.25) is 9.79 Å². The molecule has 0 atom stereocenters. The molecule has 0 heterocycles. The van der Waals surface area contributed by atoms with Crippen LogP contribution in [0.15, 0.2) is 47.5 Å². The molecule has 0 radical (unpaired) electrons. The highest BCUT2D eigenvalue weighted by Crippen LogP contribution is 2.27. The molecule has 0 aliphatic heterocycles. The molecule has 30 heavy (non-hydrogen) atoms. The molecule has 160 valence electrons. The predicted molar refractivity (Wildman–Crippen MR) is 123 cm³/mol. The monoisotopic (exact) mass is 428 g/mol. The Bertz CT molecular complexity index is 899. The van der Waals surface area contributed by atoms with Crippen LogP contribution in [0.3, 0.4) is 0 Å². The van der Waals surface area contributed by atoms with Gasteiger partial charge in [-0.05, 0) is 60.1 Å². The zero-order valence-corrected chi connectivity index (χ0v) is 18.3. The van der Waals surface area contributed by atoms with Gasteiger partial charge in [0.1, 0.15) is 5.82 Å². The second kappa shape index (κ2) is 11.0. The zero-order chi connectivity index (χ0) is 21.3. The summed E-state index contributed by atoms with van der Waals surface area (Å²) in [6, 6.07) is 12.7. The quantitative estimate of drug-likeness (QED) is 0.433. The zero-order valence-electron chi connectivity index (χ0n) is 17.5. The summed E-state index contributed by atoms with van der Waals surface area (Å²) in [5.74, 6) is 1.49. The van der Waals surface area contributed by atoms with Gasteiger partial charge in [0.05, 0.1) is 0 Å². The molecule has 1 saturated carbocycles. The van der Waals surface area contributed by atoms with E-state index in [2.05, 4.69) is 20.9 Å². The third-order valence-electron chi connectivity index (χ3n) is 5.27. The van der Waals surface area contributed by atoms with Crippen LogP contribution in [0.5, 0.6) is 0 Å². The average molecular weight is 429 g/mol. The molecular weight excluding hydrogens is 399 g/mol. The Morgan fingerprint density at radius 3 is 2.63 bits per heavy atom. The summed E-state index contributed by atoms with van der Waals surface area (Å²) in [4.78, 5) is 16.4. The van der Waals surface area contributed by atoms with Gasteiger partial charge < -0.3 is 16.0 Å². The number of rotatable bonds is 8. The molecule has 0 aromatic heterocycles. The van der Waals surface area contributed by atoms with E-state index in [1.54, 1.807) is 24.9 Å². The average Bonchev–Trinajstić information content (AvgIpc) is 2.68. The normalized spacial score (nSPS) is 14.2. The van der Waals surface area contributed by atoms with Gasteiger partial charge in [0.2, 0.25) is 5.91 Å². The van der Waals surface area contributed by atoms with E-state index < -0.39 is 0 Å². The minimum Gasteiger partial charge on any atom is -0.352 e. The molecule has 0 saturated heterocycles. The first-order valence-electron chi connectivity index (χ1n) is 10.2. The van der Waals surface area contributed by atoms with Crippen LogP contribution in [0.4, 0.5) is 10.1 Å². The van der Waals surface area contributed by atoms with Crippen molar-refractivity contribution in [3.63, 3.8) is 0 Å². The minimum atomic E-state index is -0.213. The number of nitrogens with one attached hydrogen (secondary N) is 3. The van der Waals surface area contributed by atoms with E-state index in [-0.39, 0.29) is 17.6 Å². The second-order valence-corrected chi connectivity index (χ2v) is 8.31. The van der Waals surface area contributed by atoms with E-state index in [0.29, 0.717) is 19.0 Å². The summed E-state index contributed by atoms with van der Waals surface area (Å²) < 4.78 is 13.5. The Morgan fingerprint density at radius 2 is 1.93 bits per heavy atom. The lowest BCUT2D eigenvalue weighted by molar-refractivity contribution is -0.122. The smallest absolute Gasteiger partial charge is 0.227 e. The summed E-state index contributed by atoms with van der Waals surface area (Å²) in [7, 11) is 1.72. The summed E-state index contributed by atoms with van der Waals surface area (Å²) in [6.07, 6.45) is 5.12. The van der Waals surface area contributed by atoms with Gasteiger partial charge >= 0.3 is 0 Å². The lowest BCUT2D eigenvalue weighted by atomic mass is 9.85. The number of anilines is 1. The van der Waals surface area contributed by atoms with Crippen LogP contribution in [0.2, 0.25) is 0 Å². The van der Waals surface area contributed by atoms with E-state index in [4.69, 9.17) is 0 Å². The fraction of sp³-hybridized carbons (Fsp3) is 0.391. The molecule has 1 fully saturated rings. The third kappa shape index (κ3) is 6.23. The van der Waals surface area contributed by atoms with Crippen molar-refractivity contribution < 1.29 is 9.18 Å². The topological polar surface area (TPSA) is 65.5 Å². The van der Waals surface area contributed by atoms with Crippen LogP contribution in [0.25, 0.3) is 0 Å². The van der Waals surface area contributed by atoms with Gasteiger partial charge in [-0.25, -0.2) is 4.39 Å². The van der Waals surface area contributed by atoms with Crippen molar-refractivity contribution in [1.82, 2.24) is 10.6 Å². The Balaban J connectivity index is 1.53. The SMILES string of the molecule is CN=C(NCc1cccc(NC(=O)C2CCC2)c1)NCc1ccc(F)cc1CSC. The number of carbonyl (C=O) groups excluding carboxylic acids is 1. The highest BCUT2D eigenvalue weighted by molar-refractivity contribution is 7.97. The van der Waals surface area contributed by atoms with Crippen LogP contribution in [0.1, 0.15) is 36.0 Å². The molecule has 3 N–H and O–H groups in total. The van der Waals surface area contributed by atoms with Crippen molar-refractivity contribution in [3.8, 4) is 0 Å². The van der Waals surface area contributed by atoms with Crippen LogP contribution >= 0.6 is 11.8 Å². The van der Waals surface area contributed by atoms with Crippen molar-refractivity contribution >= 4 is 29.3 Å². The van der Waals surface area contributed by atoms with Crippen molar-refractivity contribution in [2.45, 2.75) is 38.1 Å². The number of nitrogens with zero attached hydrogens (tertiary/aromatic N) is 1. The second-order valence-electron chi connectivity index (χ2n) is 7.44. The number of amides is 1. The maximum Gasteiger partial charge on any atom is 0.227 e. The lowest BCUT2D eigenvalue weighted by Gasteiger charge is -2.24. The molecule has 7 heteroatoms. The number of hydrogen-bond donors (Lipinski definition) is 3. The standard InChI is InChI=1S/C23H29FN4OS/c1-25-23(27-14-18-9-10-20(24)12-19(18)15-30-2)26-13-16-5-3-8-21(11-16)28-22(29)17-6-4-7-17/h3,5,8-12,17H,4,6-7,13-15H2,1-2H3,(H,28,29)(H2,25,26,27). The summed E-state index contributed by atoms with van der Waals surface area (Å²) in [5, 5.41) is 9.59. The van der Waals surface area contributed by atoms with E-state index in [0.717, 1.165) is 47.4 Å². The van der Waals surface area contributed by atoms with E-state index in [1.165, 1.54) is 6.07 Å². The fourth-order valence-electron chi connectivity index (χ4n) is 3.32. The van der Waals surface area contributed by atoms with E-state index >= 15 is 0 Å². The number of benzene rings is 2. The Kier molecular flexibility index (Phi) is 8.13. The summed E-state index contributed by atoms with van der Waals surface area (Å²) >= 11 is 1.67. The Morgan fingerprint density at radius 1 is 1.13 bits per heavy atom. The highest BCUT2D eigenvalue weighted by atomic mass is 32.2. The van der Waals surface area contributed by atoms with Crippen molar-refractivity contribution in [1.29, 1.82) is 0 Å². The van der Waals surface area contributed by atoms with Crippen molar-refractivity contribution in [3.05, 3.63) is 65.0 Å². The number of hydrogen-bond acceptors (Lipinski definition) is 3. The predicted octanol–water partition coefficient (Wildman–Crippen LogP) is 4.29. The third-order valence-corrected chi connectivity index (χ3v) is 5.87. The van der Waals surface area contributed by atoms with Crippen molar-refractivity contribution in [2.24, 2.45) is 10.9 Å². The first kappa shape index (κ1) is 22.2. The van der Waals surface area contributed by atoms with Gasteiger partial charge in [0.25, 0.3) is 0 Å². The number of guanidine groups is 1. The molecule has 2 aromatic carbocycles. The summed E-state index contributed by atoms with van der Waals surface area (Å²) in [5.41, 5.74) is 3.91. The molecule has 0 spiro atoms. The van der Waals surface area contributed by atoms with Gasteiger partial charge in [-0.1, -0.05) is 24.6 Å². The fourth-order valence-corrected chi connectivity index (χ4v) is 3.90. The molecule has 0 bridgehead atoms. The van der Waals surface area contributed by atoms with Gasteiger partial charge in [0.15, 0.2) is 5.96 Å². The molecule has 3 rings (SSSR count). The molecule has 1 aliphatic rings. The van der Waals surface area contributed by atoms with Crippen LogP contribution in [-0.2, 0) is 23.6 Å². The number of carbonyl (C=O) groups is 1. The van der Waals surface area contributed by atoms with Gasteiger partial charge in [-0.15, -0.1) is 0 Å². The van der Waals surface area contributed by atoms with Crippen molar-refractivity contribution in [2.75, 3.05) is 18.6 Å². The summed E-state index contributed by atoms with van der Waals surface area (Å²) in [6.45, 7) is 1.14. The molecule has 1 aliphatic carbocycles. The first-order chi connectivity index (χ1) is 14.6. The largest absolute Gasteiger partial charge is 0.352 e. The lowest BCUT2D eigenvalue weighted by Crippen LogP contribution is -2.36. The van der Waals surface area contributed by atoms with Crippen LogP contribution < -0.4 is 16.0 Å². The number of halogens is 1. The molecule has 1 amide bonds. The maximum absolute atomic E-state index is 13.5. The highest BCUT2D eigenvalue weighted by Gasteiger charge is 2.25.